The Kier molecular flexibility index (Phi) is 8.00. The lowest BCUT2D eigenvalue weighted by atomic mass is 10.2. The molecule has 0 aromatic heterocycles. The van der Waals surface area contributed by atoms with Crippen molar-refractivity contribution >= 4 is 79.7 Å². The molecule has 2 rings (SSSR count). The van der Waals surface area contributed by atoms with Crippen LogP contribution in [0, 0.1) is 0 Å². The van der Waals surface area contributed by atoms with Gasteiger partial charge in [-0.3, -0.25) is 4.79 Å². The number of carbonyl (C=O) groups excluding carboxylic acids is 1. The molecule has 2 aromatic carbocycles. The summed E-state index contributed by atoms with van der Waals surface area (Å²) in [4.78, 5) is 12.6. The lowest BCUT2D eigenvalue weighted by Gasteiger charge is -2.28. The summed E-state index contributed by atoms with van der Waals surface area (Å²) >= 11 is 26.6. The summed E-state index contributed by atoms with van der Waals surface area (Å²) in [5.41, 5.74) is 1.02. The van der Waals surface area contributed by atoms with E-state index in [-0.39, 0.29) is 5.11 Å². The van der Waals surface area contributed by atoms with E-state index in [1.165, 1.54) is 7.11 Å². The molecule has 0 fully saturated rings. The van der Waals surface area contributed by atoms with Crippen molar-refractivity contribution in [2.24, 2.45) is 0 Å². The zero-order chi connectivity index (χ0) is 20.0. The number of nitrogens with one attached hydrogen (secondary N) is 3. The Labute approximate surface area is 185 Å². The third-order valence-corrected chi connectivity index (χ3v) is 4.68. The van der Waals surface area contributed by atoms with Gasteiger partial charge >= 0.3 is 0 Å². The molecule has 2 aromatic rings. The van der Waals surface area contributed by atoms with Crippen molar-refractivity contribution in [3.8, 4) is 5.75 Å². The van der Waals surface area contributed by atoms with Crippen LogP contribution in [-0.2, 0) is 0 Å². The molecule has 3 N–H and O–H groups in total. The van der Waals surface area contributed by atoms with E-state index in [1.54, 1.807) is 24.3 Å². The summed E-state index contributed by atoms with van der Waals surface area (Å²) in [5, 5.41) is 8.54. The molecule has 0 aliphatic heterocycles. The van der Waals surface area contributed by atoms with Crippen molar-refractivity contribution in [3.05, 3.63) is 58.6 Å². The SMILES string of the molecule is COc1ccccc1C(=O)NC(NC(=S)Nc1cccc(Br)c1)C(Cl)(Cl)Cl. The quantitative estimate of drug-likeness (QED) is 0.304. The van der Waals surface area contributed by atoms with Gasteiger partial charge in [-0.05, 0) is 42.5 Å². The molecule has 144 valence electrons. The number of halogens is 4. The predicted molar refractivity (Wildman–Crippen MR) is 118 cm³/mol. The molecule has 1 amide bonds. The number of amides is 1. The van der Waals surface area contributed by atoms with Gasteiger partial charge in [0.2, 0.25) is 3.79 Å². The van der Waals surface area contributed by atoms with Gasteiger partial charge in [0.15, 0.2) is 5.11 Å². The fourth-order valence-corrected chi connectivity index (χ4v) is 3.07. The number of rotatable bonds is 5. The summed E-state index contributed by atoms with van der Waals surface area (Å²) in [6.45, 7) is 0. The maximum absolute atomic E-state index is 12.6. The van der Waals surface area contributed by atoms with E-state index in [9.17, 15) is 4.79 Å². The minimum atomic E-state index is -1.86. The molecule has 0 saturated carbocycles. The van der Waals surface area contributed by atoms with Crippen LogP contribution in [-0.4, -0.2) is 28.1 Å². The average molecular weight is 512 g/mol. The highest BCUT2D eigenvalue weighted by Crippen LogP contribution is 2.30. The van der Waals surface area contributed by atoms with E-state index >= 15 is 0 Å². The fourth-order valence-electron chi connectivity index (χ4n) is 2.11. The minimum absolute atomic E-state index is 0.171. The molecule has 0 aliphatic carbocycles. The number of para-hydroxylation sites is 1. The van der Waals surface area contributed by atoms with Crippen molar-refractivity contribution < 1.29 is 9.53 Å². The van der Waals surface area contributed by atoms with Gasteiger partial charge in [0.05, 0.1) is 12.7 Å². The van der Waals surface area contributed by atoms with Crippen molar-refractivity contribution in [2.45, 2.75) is 9.96 Å². The van der Waals surface area contributed by atoms with Crippen LogP contribution in [0.2, 0.25) is 0 Å². The fraction of sp³-hybridized carbons (Fsp3) is 0.176. The van der Waals surface area contributed by atoms with Gasteiger partial charge in [0.1, 0.15) is 11.9 Å². The molecular weight excluding hydrogens is 497 g/mol. The number of hydrogen-bond acceptors (Lipinski definition) is 3. The van der Waals surface area contributed by atoms with Gasteiger partial charge in [-0.1, -0.05) is 68.9 Å². The van der Waals surface area contributed by atoms with E-state index in [4.69, 9.17) is 51.8 Å². The highest BCUT2D eigenvalue weighted by molar-refractivity contribution is 9.10. The first-order valence-corrected chi connectivity index (χ1v) is 9.88. The normalized spacial score (nSPS) is 12.0. The first kappa shape index (κ1) is 22.0. The van der Waals surface area contributed by atoms with E-state index in [0.717, 1.165) is 10.2 Å². The second kappa shape index (κ2) is 9.80. The Bertz CT molecular complexity index is 833. The summed E-state index contributed by atoms with van der Waals surface area (Å²) in [5.74, 6) is -0.0885. The van der Waals surface area contributed by atoms with E-state index in [2.05, 4.69) is 31.9 Å². The number of carbonyl (C=O) groups is 1. The van der Waals surface area contributed by atoms with E-state index in [0.29, 0.717) is 11.3 Å². The molecule has 0 spiro atoms. The van der Waals surface area contributed by atoms with Gasteiger partial charge in [-0.2, -0.15) is 0 Å². The lowest BCUT2D eigenvalue weighted by Crippen LogP contribution is -2.56. The van der Waals surface area contributed by atoms with Crippen molar-refractivity contribution in [2.75, 3.05) is 12.4 Å². The van der Waals surface area contributed by atoms with Crippen LogP contribution < -0.4 is 20.7 Å². The maximum Gasteiger partial charge on any atom is 0.256 e. The Morgan fingerprint density at radius 2 is 1.85 bits per heavy atom. The number of ether oxygens (including phenoxy) is 1. The summed E-state index contributed by atoms with van der Waals surface area (Å²) in [6, 6.07) is 14.1. The second-order valence-electron chi connectivity index (χ2n) is 5.26. The average Bonchev–Trinajstić information content (AvgIpc) is 2.60. The van der Waals surface area contributed by atoms with Crippen LogP contribution in [0.3, 0.4) is 0 Å². The zero-order valence-corrected chi connectivity index (χ0v) is 18.6. The van der Waals surface area contributed by atoms with Crippen LogP contribution in [0.5, 0.6) is 5.75 Å². The number of benzene rings is 2. The molecule has 1 unspecified atom stereocenters. The van der Waals surface area contributed by atoms with Crippen molar-refractivity contribution in [1.82, 2.24) is 10.6 Å². The molecule has 1 atom stereocenters. The van der Waals surface area contributed by atoms with Crippen LogP contribution >= 0.6 is 63.0 Å². The summed E-state index contributed by atoms with van der Waals surface area (Å²) in [6.07, 6.45) is -1.09. The lowest BCUT2D eigenvalue weighted by molar-refractivity contribution is 0.0931. The number of thiocarbonyl (C=S) groups is 1. The molecule has 10 heteroatoms. The van der Waals surface area contributed by atoms with Gasteiger partial charge in [0, 0.05) is 10.2 Å². The number of alkyl halides is 3. The number of anilines is 1. The van der Waals surface area contributed by atoms with Gasteiger partial charge < -0.3 is 20.7 Å². The Balaban J connectivity index is 2.11. The van der Waals surface area contributed by atoms with Crippen LogP contribution in [0.15, 0.2) is 53.0 Å². The van der Waals surface area contributed by atoms with Crippen LogP contribution in [0.25, 0.3) is 0 Å². The standard InChI is InChI=1S/C17H15BrCl3N3O2S/c1-26-13-8-3-2-7-12(13)14(25)23-15(17(19,20)21)24-16(27)22-11-6-4-5-10(18)9-11/h2-9,15H,1H3,(H,23,25)(H2,22,24,27). The largest absolute Gasteiger partial charge is 0.496 e. The molecule has 0 saturated heterocycles. The first-order valence-electron chi connectivity index (χ1n) is 7.54. The van der Waals surface area contributed by atoms with Crippen LogP contribution in [0.4, 0.5) is 5.69 Å². The highest BCUT2D eigenvalue weighted by atomic mass is 79.9. The molecule has 5 nitrogen and oxygen atoms in total. The topological polar surface area (TPSA) is 62.4 Å². The predicted octanol–water partition coefficient (Wildman–Crippen LogP) is 4.87. The molecule has 0 bridgehead atoms. The second-order valence-corrected chi connectivity index (χ2v) is 8.95. The van der Waals surface area contributed by atoms with Crippen molar-refractivity contribution in [1.29, 1.82) is 0 Å². The third kappa shape index (κ3) is 6.69. The van der Waals surface area contributed by atoms with Gasteiger partial charge in [-0.15, -0.1) is 0 Å². The first-order chi connectivity index (χ1) is 12.7. The Morgan fingerprint density at radius 3 is 2.48 bits per heavy atom. The Hall–Kier alpha value is -1.25. The monoisotopic (exact) mass is 509 g/mol. The smallest absolute Gasteiger partial charge is 0.256 e. The van der Waals surface area contributed by atoms with E-state index in [1.807, 2.05) is 24.3 Å². The molecule has 0 aliphatic rings. The molecule has 27 heavy (non-hydrogen) atoms. The van der Waals surface area contributed by atoms with E-state index < -0.39 is 15.9 Å². The molecular formula is C17H15BrCl3N3O2S. The van der Waals surface area contributed by atoms with Crippen LogP contribution in [0.1, 0.15) is 10.4 Å². The molecule has 0 heterocycles. The minimum Gasteiger partial charge on any atom is -0.496 e. The molecule has 0 radical (unpaired) electrons. The van der Waals surface area contributed by atoms with Crippen molar-refractivity contribution in [3.63, 3.8) is 0 Å². The number of methoxy groups -OCH3 is 1. The highest BCUT2D eigenvalue weighted by Gasteiger charge is 2.35. The summed E-state index contributed by atoms with van der Waals surface area (Å²) in [7, 11) is 1.47. The van der Waals surface area contributed by atoms with Gasteiger partial charge in [-0.25, -0.2) is 0 Å². The maximum atomic E-state index is 12.6. The zero-order valence-electron chi connectivity index (χ0n) is 13.9. The third-order valence-electron chi connectivity index (χ3n) is 3.31. The summed E-state index contributed by atoms with van der Waals surface area (Å²) < 4.78 is 4.19. The van der Waals surface area contributed by atoms with Gasteiger partial charge in [0.25, 0.3) is 5.91 Å². The Morgan fingerprint density at radius 1 is 1.15 bits per heavy atom. The number of hydrogen-bond donors (Lipinski definition) is 3.